The van der Waals surface area contributed by atoms with Gasteiger partial charge in [-0.2, -0.15) is 0 Å². The van der Waals surface area contributed by atoms with Crippen LogP contribution in [0.15, 0.2) is 17.5 Å². The topological polar surface area (TPSA) is 24.5 Å². The zero-order valence-corrected chi connectivity index (χ0v) is 9.93. The molecule has 2 rings (SSSR count). The Morgan fingerprint density at radius 1 is 1.53 bits per heavy atom. The first-order chi connectivity index (χ1) is 7.42. The van der Waals surface area contributed by atoms with E-state index in [4.69, 9.17) is 4.74 Å². The highest BCUT2D eigenvalue weighted by Crippen LogP contribution is 2.25. The minimum absolute atomic E-state index is 0.513. The van der Waals surface area contributed by atoms with Gasteiger partial charge in [-0.05, 0) is 18.5 Å². The van der Waals surface area contributed by atoms with Crippen molar-refractivity contribution in [1.29, 1.82) is 0 Å². The molecule has 0 spiro atoms. The Labute approximate surface area is 95.0 Å². The molecule has 1 aromatic heterocycles. The SMILES string of the molecule is CNCC(c1cccs1)N1CCOCC1. The Morgan fingerprint density at radius 2 is 2.33 bits per heavy atom. The lowest BCUT2D eigenvalue weighted by Gasteiger charge is -2.33. The summed E-state index contributed by atoms with van der Waals surface area (Å²) in [5.41, 5.74) is 0. The summed E-state index contributed by atoms with van der Waals surface area (Å²) in [4.78, 5) is 3.96. The van der Waals surface area contributed by atoms with Gasteiger partial charge in [0.1, 0.15) is 0 Å². The lowest BCUT2D eigenvalue weighted by atomic mass is 10.2. The fraction of sp³-hybridized carbons (Fsp3) is 0.636. The number of likely N-dealkylation sites (N-methyl/N-ethyl adjacent to an activating group) is 1. The Morgan fingerprint density at radius 3 is 2.93 bits per heavy atom. The monoisotopic (exact) mass is 226 g/mol. The minimum atomic E-state index is 0.513. The minimum Gasteiger partial charge on any atom is -0.379 e. The molecule has 1 aromatic rings. The third-order valence-electron chi connectivity index (χ3n) is 2.76. The van der Waals surface area contributed by atoms with E-state index in [2.05, 4.69) is 27.7 Å². The molecule has 2 heterocycles. The van der Waals surface area contributed by atoms with Gasteiger partial charge < -0.3 is 10.1 Å². The molecule has 3 nitrogen and oxygen atoms in total. The second-order valence-corrected chi connectivity index (χ2v) is 4.72. The van der Waals surface area contributed by atoms with Crippen LogP contribution >= 0.6 is 11.3 Å². The fourth-order valence-corrected chi connectivity index (χ4v) is 2.83. The van der Waals surface area contributed by atoms with Gasteiger partial charge in [-0.3, -0.25) is 4.90 Å². The van der Waals surface area contributed by atoms with Crippen molar-refractivity contribution < 1.29 is 4.74 Å². The first-order valence-electron chi connectivity index (χ1n) is 5.41. The third kappa shape index (κ3) is 2.78. The van der Waals surface area contributed by atoms with Crippen molar-refractivity contribution in [3.05, 3.63) is 22.4 Å². The summed E-state index contributed by atoms with van der Waals surface area (Å²) in [6.45, 7) is 4.84. The molecule has 84 valence electrons. The van der Waals surface area contributed by atoms with Crippen molar-refractivity contribution in [2.45, 2.75) is 6.04 Å². The molecular weight excluding hydrogens is 208 g/mol. The first-order valence-corrected chi connectivity index (χ1v) is 6.29. The van der Waals surface area contributed by atoms with Gasteiger partial charge in [-0.1, -0.05) is 6.07 Å². The van der Waals surface area contributed by atoms with E-state index in [0.29, 0.717) is 6.04 Å². The van der Waals surface area contributed by atoms with E-state index in [9.17, 15) is 0 Å². The average Bonchev–Trinajstić information content (AvgIpc) is 2.80. The number of hydrogen-bond donors (Lipinski definition) is 1. The van der Waals surface area contributed by atoms with Crippen molar-refractivity contribution in [2.75, 3.05) is 39.9 Å². The van der Waals surface area contributed by atoms with Crippen LogP contribution in [0.5, 0.6) is 0 Å². The largest absolute Gasteiger partial charge is 0.379 e. The molecule has 0 amide bonds. The van der Waals surface area contributed by atoms with Crippen LogP contribution in [-0.4, -0.2) is 44.8 Å². The van der Waals surface area contributed by atoms with E-state index in [1.54, 1.807) is 0 Å². The van der Waals surface area contributed by atoms with E-state index in [1.165, 1.54) is 4.88 Å². The van der Waals surface area contributed by atoms with Gasteiger partial charge in [0, 0.05) is 24.5 Å². The van der Waals surface area contributed by atoms with Gasteiger partial charge in [-0.15, -0.1) is 11.3 Å². The second-order valence-electron chi connectivity index (χ2n) is 3.74. The number of ether oxygens (including phenoxy) is 1. The molecule has 0 aliphatic carbocycles. The first kappa shape index (κ1) is 11.1. The Bertz CT molecular complexity index is 270. The predicted molar refractivity (Wildman–Crippen MR) is 63.4 cm³/mol. The summed E-state index contributed by atoms with van der Waals surface area (Å²) in [6, 6.07) is 4.87. The highest BCUT2D eigenvalue weighted by atomic mass is 32.1. The molecule has 1 fully saturated rings. The molecule has 15 heavy (non-hydrogen) atoms. The number of nitrogens with zero attached hydrogens (tertiary/aromatic N) is 1. The van der Waals surface area contributed by atoms with E-state index >= 15 is 0 Å². The maximum atomic E-state index is 5.39. The predicted octanol–water partition coefficient (Wildman–Crippen LogP) is 1.34. The number of nitrogens with one attached hydrogen (secondary N) is 1. The molecule has 0 saturated carbocycles. The second kappa shape index (κ2) is 5.61. The quantitative estimate of drug-likeness (QED) is 0.838. The molecule has 4 heteroatoms. The van der Waals surface area contributed by atoms with Gasteiger partial charge in [0.25, 0.3) is 0 Å². The van der Waals surface area contributed by atoms with Gasteiger partial charge in [0.2, 0.25) is 0 Å². The molecular formula is C11H18N2OS. The maximum absolute atomic E-state index is 5.39. The molecule has 1 aliphatic rings. The van der Waals surface area contributed by atoms with Crippen molar-refractivity contribution in [3.8, 4) is 0 Å². The summed E-state index contributed by atoms with van der Waals surface area (Å²) in [7, 11) is 2.01. The molecule has 1 unspecified atom stereocenters. The summed E-state index contributed by atoms with van der Waals surface area (Å²) in [5.74, 6) is 0. The molecule has 1 aliphatic heterocycles. The molecule has 1 saturated heterocycles. The molecule has 0 aromatic carbocycles. The van der Waals surface area contributed by atoms with Crippen LogP contribution in [0.3, 0.4) is 0 Å². The number of morpholine rings is 1. The Hall–Kier alpha value is -0.420. The van der Waals surface area contributed by atoms with E-state index in [1.807, 2.05) is 18.4 Å². The third-order valence-corrected chi connectivity index (χ3v) is 3.73. The van der Waals surface area contributed by atoms with E-state index in [-0.39, 0.29) is 0 Å². The number of hydrogen-bond acceptors (Lipinski definition) is 4. The van der Waals surface area contributed by atoms with Crippen LogP contribution in [0.4, 0.5) is 0 Å². The number of rotatable bonds is 4. The highest BCUT2D eigenvalue weighted by Gasteiger charge is 2.22. The number of thiophene rings is 1. The van der Waals surface area contributed by atoms with Crippen LogP contribution in [0.25, 0.3) is 0 Å². The maximum Gasteiger partial charge on any atom is 0.0594 e. The molecule has 0 radical (unpaired) electrons. The van der Waals surface area contributed by atoms with E-state index in [0.717, 1.165) is 32.8 Å². The average molecular weight is 226 g/mol. The van der Waals surface area contributed by atoms with Crippen LogP contribution in [0.1, 0.15) is 10.9 Å². The summed E-state index contributed by atoms with van der Waals surface area (Å²) >= 11 is 1.84. The molecule has 1 atom stereocenters. The van der Waals surface area contributed by atoms with Crippen LogP contribution < -0.4 is 5.32 Å². The fourth-order valence-electron chi connectivity index (χ4n) is 1.97. The zero-order valence-electron chi connectivity index (χ0n) is 9.11. The highest BCUT2D eigenvalue weighted by molar-refractivity contribution is 7.10. The Balaban J connectivity index is 2.04. The zero-order chi connectivity index (χ0) is 10.5. The van der Waals surface area contributed by atoms with Crippen molar-refractivity contribution in [2.24, 2.45) is 0 Å². The van der Waals surface area contributed by atoms with Crippen LogP contribution in [-0.2, 0) is 4.74 Å². The Kier molecular flexibility index (Phi) is 4.14. The van der Waals surface area contributed by atoms with Crippen molar-refractivity contribution in [1.82, 2.24) is 10.2 Å². The van der Waals surface area contributed by atoms with Crippen molar-refractivity contribution in [3.63, 3.8) is 0 Å². The standard InChI is InChI=1S/C11H18N2OS/c1-12-9-10(11-3-2-8-15-11)13-4-6-14-7-5-13/h2-3,8,10,12H,4-7,9H2,1H3. The van der Waals surface area contributed by atoms with Gasteiger partial charge >= 0.3 is 0 Å². The van der Waals surface area contributed by atoms with Gasteiger partial charge in [0.15, 0.2) is 0 Å². The van der Waals surface area contributed by atoms with Gasteiger partial charge in [-0.25, -0.2) is 0 Å². The smallest absolute Gasteiger partial charge is 0.0594 e. The van der Waals surface area contributed by atoms with Crippen LogP contribution in [0, 0.1) is 0 Å². The summed E-state index contributed by atoms with van der Waals surface area (Å²) in [6.07, 6.45) is 0. The van der Waals surface area contributed by atoms with Crippen molar-refractivity contribution >= 4 is 11.3 Å². The lowest BCUT2D eigenvalue weighted by Crippen LogP contribution is -2.42. The summed E-state index contributed by atoms with van der Waals surface area (Å²) in [5, 5.41) is 5.43. The van der Waals surface area contributed by atoms with Gasteiger partial charge in [0.05, 0.1) is 19.3 Å². The molecule has 0 bridgehead atoms. The molecule has 1 N–H and O–H groups in total. The summed E-state index contributed by atoms with van der Waals surface area (Å²) < 4.78 is 5.39. The lowest BCUT2D eigenvalue weighted by molar-refractivity contribution is 0.0172. The van der Waals surface area contributed by atoms with Crippen LogP contribution in [0.2, 0.25) is 0 Å². The van der Waals surface area contributed by atoms with E-state index < -0.39 is 0 Å². The normalized spacial score (nSPS) is 20.3.